The average molecular weight is 335 g/mol. The highest BCUT2D eigenvalue weighted by atomic mass is 32.2. The maximum absolute atomic E-state index is 12.8. The largest absolute Gasteiger partial charge is 0.488 e. The summed E-state index contributed by atoms with van der Waals surface area (Å²) in [6.07, 6.45) is 2.16. The molecule has 3 rings (SSSR count). The van der Waals surface area contributed by atoms with E-state index < -0.39 is 10.0 Å². The standard InChI is InChI=1S/C16H21N3O3S/c1-4-19-11-16(12(2)17-19)23(20,21)18(3)10-14-9-13-7-5-6-8-15(13)22-14/h5-8,11,14H,4,9-10H2,1-3H3. The van der Waals surface area contributed by atoms with E-state index in [1.165, 1.54) is 4.31 Å². The molecule has 124 valence electrons. The summed E-state index contributed by atoms with van der Waals surface area (Å²) in [5.41, 5.74) is 1.65. The van der Waals surface area contributed by atoms with Gasteiger partial charge in [-0.15, -0.1) is 0 Å². The molecular formula is C16H21N3O3S. The third-order valence-electron chi connectivity index (χ3n) is 4.09. The molecule has 7 heteroatoms. The van der Waals surface area contributed by atoms with E-state index >= 15 is 0 Å². The van der Waals surface area contributed by atoms with Gasteiger partial charge in [-0.25, -0.2) is 8.42 Å². The van der Waals surface area contributed by atoms with Gasteiger partial charge in [0.15, 0.2) is 0 Å². The Morgan fingerprint density at radius 2 is 2.13 bits per heavy atom. The molecule has 0 spiro atoms. The second-order valence-corrected chi connectivity index (χ2v) is 7.79. The average Bonchev–Trinajstić information content (AvgIpc) is 3.09. The van der Waals surface area contributed by atoms with Crippen LogP contribution in [0.1, 0.15) is 18.2 Å². The Labute approximate surface area is 136 Å². The van der Waals surface area contributed by atoms with Crippen molar-refractivity contribution < 1.29 is 13.2 Å². The van der Waals surface area contributed by atoms with Gasteiger partial charge in [0.05, 0.1) is 12.2 Å². The molecule has 6 nitrogen and oxygen atoms in total. The number of aryl methyl sites for hydroxylation is 2. The Kier molecular flexibility index (Phi) is 4.16. The molecule has 0 saturated carbocycles. The first-order valence-electron chi connectivity index (χ1n) is 7.66. The summed E-state index contributed by atoms with van der Waals surface area (Å²) in [5, 5.41) is 4.22. The number of sulfonamides is 1. The van der Waals surface area contributed by atoms with E-state index in [-0.39, 0.29) is 11.0 Å². The molecule has 2 aromatic rings. The number of likely N-dealkylation sites (N-methyl/N-ethyl adjacent to an activating group) is 1. The van der Waals surface area contributed by atoms with E-state index in [0.717, 1.165) is 17.7 Å². The first-order chi connectivity index (χ1) is 10.9. The van der Waals surface area contributed by atoms with Crippen molar-refractivity contribution in [1.29, 1.82) is 0 Å². The molecule has 1 aliphatic rings. The summed E-state index contributed by atoms with van der Waals surface area (Å²) in [4.78, 5) is 0.261. The molecular weight excluding hydrogens is 314 g/mol. The van der Waals surface area contributed by atoms with Gasteiger partial charge in [-0.05, 0) is 25.5 Å². The molecule has 1 aliphatic heterocycles. The quantitative estimate of drug-likeness (QED) is 0.836. The minimum absolute atomic E-state index is 0.159. The predicted molar refractivity (Wildman–Crippen MR) is 87.0 cm³/mol. The van der Waals surface area contributed by atoms with Crippen molar-refractivity contribution in [2.75, 3.05) is 13.6 Å². The van der Waals surface area contributed by atoms with Crippen LogP contribution in [0.4, 0.5) is 0 Å². The van der Waals surface area contributed by atoms with Crippen LogP contribution in [0.2, 0.25) is 0 Å². The molecule has 1 atom stereocenters. The van der Waals surface area contributed by atoms with Gasteiger partial charge in [-0.2, -0.15) is 9.40 Å². The van der Waals surface area contributed by atoms with Gasteiger partial charge < -0.3 is 4.74 Å². The molecule has 1 aromatic carbocycles. The molecule has 23 heavy (non-hydrogen) atoms. The topological polar surface area (TPSA) is 64.4 Å². The van der Waals surface area contributed by atoms with Crippen molar-refractivity contribution in [3.05, 3.63) is 41.7 Å². The number of nitrogens with zero attached hydrogens (tertiary/aromatic N) is 3. The fourth-order valence-corrected chi connectivity index (χ4v) is 4.19. The van der Waals surface area contributed by atoms with Crippen molar-refractivity contribution in [3.63, 3.8) is 0 Å². The molecule has 0 fully saturated rings. The van der Waals surface area contributed by atoms with Crippen LogP contribution < -0.4 is 4.74 Å². The Balaban J connectivity index is 1.75. The molecule has 2 heterocycles. The highest BCUT2D eigenvalue weighted by molar-refractivity contribution is 7.89. The fourth-order valence-electron chi connectivity index (χ4n) is 2.82. The van der Waals surface area contributed by atoms with Crippen LogP contribution in [-0.4, -0.2) is 42.2 Å². The Morgan fingerprint density at radius 1 is 1.39 bits per heavy atom. The molecule has 1 unspecified atom stereocenters. The first-order valence-corrected chi connectivity index (χ1v) is 9.10. The summed E-state index contributed by atoms with van der Waals surface area (Å²) in [6, 6.07) is 7.82. The SMILES string of the molecule is CCn1cc(S(=O)(=O)N(C)CC2Cc3ccccc3O2)c(C)n1. The van der Waals surface area contributed by atoms with Gasteiger partial charge in [-0.1, -0.05) is 18.2 Å². The molecule has 1 aromatic heterocycles. The van der Waals surface area contributed by atoms with Crippen molar-refractivity contribution in [2.24, 2.45) is 0 Å². The third kappa shape index (κ3) is 2.98. The minimum Gasteiger partial charge on any atom is -0.488 e. The lowest BCUT2D eigenvalue weighted by Crippen LogP contribution is -2.36. The zero-order chi connectivity index (χ0) is 16.6. The smallest absolute Gasteiger partial charge is 0.246 e. The Bertz CT molecular complexity index is 789. The summed E-state index contributed by atoms with van der Waals surface area (Å²) in [7, 11) is -1.98. The lowest BCUT2D eigenvalue weighted by atomic mass is 10.1. The van der Waals surface area contributed by atoms with Crippen LogP contribution in [0.25, 0.3) is 0 Å². The van der Waals surface area contributed by atoms with Crippen LogP contribution >= 0.6 is 0 Å². The van der Waals surface area contributed by atoms with Crippen molar-refractivity contribution in [2.45, 2.75) is 37.8 Å². The summed E-state index contributed by atoms with van der Waals surface area (Å²) in [5.74, 6) is 0.846. The second kappa shape index (κ2) is 5.98. The summed E-state index contributed by atoms with van der Waals surface area (Å²) < 4.78 is 34.3. The number of rotatable bonds is 5. The van der Waals surface area contributed by atoms with E-state index in [0.29, 0.717) is 18.8 Å². The van der Waals surface area contributed by atoms with Crippen LogP contribution in [0.5, 0.6) is 5.75 Å². The maximum atomic E-state index is 12.8. The van der Waals surface area contributed by atoms with Crippen LogP contribution in [-0.2, 0) is 23.0 Å². The van der Waals surface area contributed by atoms with Gasteiger partial charge in [-0.3, -0.25) is 4.68 Å². The van der Waals surface area contributed by atoms with Gasteiger partial charge in [0.2, 0.25) is 10.0 Å². The monoisotopic (exact) mass is 335 g/mol. The van der Waals surface area contributed by atoms with Gasteiger partial charge in [0.25, 0.3) is 0 Å². The van der Waals surface area contributed by atoms with Gasteiger partial charge in [0.1, 0.15) is 16.7 Å². The van der Waals surface area contributed by atoms with Crippen molar-refractivity contribution in [3.8, 4) is 5.75 Å². The number of benzene rings is 1. The fraction of sp³-hybridized carbons (Fsp3) is 0.438. The molecule has 0 bridgehead atoms. The number of hydrogen-bond donors (Lipinski definition) is 0. The Morgan fingerprint density at radius 3 is 2.78 bits per heavy atom. The minimum atomic E-state index is -3.56. The van der Waals surface area contributed by atoms with E-state index in [1.807, 2.05) is 31.2 Å². The Hall–Kier alpha value is -1.86. The zero-order valence-corrected chi connectivity index (χ0v) is 14.4. The molecule has 0 aliphatic carbocycles. The number of ether oxygens (including phenoxy) is 1. The van der Waals surface area contributed by atoms with E-state index in [2.05, 4.69) is 5.10 Å². The lowest BCUT2D eigenvalue weighted by Gasteiger charge is -2.20. The highest BCUT2D eigenvalue weighted by Crippen LogP contribution is 2.29. The zero-order valence-electron chi connectivity index (χ0n) is 13.6. The number of para-hydroxylation sites is 1. The predicted octanol–water partition coefficient (Wildman–Crippen LogP) is 1.84. The molecule has 0 N–H and O–H groups in total. The summed E-state index contributed by atoms with van der Waals surface area (Å²) in [6.45, 7) is 4.60. The van der Waals surface area contributed by atoms with Crippen molar-refractivity contribution >= 4 is 10.0 Å². The summed E-state index contributed by atoms with van der Waals surface area (Å²) >= 11 is 0. The number of hydrogen-bond acceptors (Lipinski definition) is 4. The van der Waals surface area contributed by atoms with Crippen molar-refractivity contribution in [1.82, 2.24) is 14.1 Å². The third-order valence-corrected chi connectivity index (χ3v) is 6.01. The lowest BCUT2D eigenvalue weighted by molar-refractivity contribution is 0.204. The molecule has 0 saturated heterocycles. The second-order valence-electron chi connectivity index (χ2n) is 5.77. The normalized spacial score (nSPS) is 17.3. The maximum Gasteiger partial charge on any atom is 0.246 e. The van der Waals surface area contributed by atoms with E-state index in [1.54, 1.807) is 24.9 Å². The molecule has 0 amide bonds. The van der Waals surface area contributed by atoms with Crippen LogP contribution in [0, 0.1) is 6.92 Å². The number of aromatic nitrogens is 2. The van der Waals surface area contributed by atoms with Crippen LogP contribution in [0.15, 0.2) is 35.4 Å². The van der Waals surface area contributed by atoms with Gasteiger partial charge in [0, 0.05) is 26.2 Å². The van der Waals surface area contributed by atoms with Crippen LogP contribution in [0.3, 0.4) is 0 Å². The first kappa shape index (κ1) is 16.0. The van der Waals surface area contributed by atoms with Gasteiger partial charge >= 0.3 is 0 Å². The number of fused-ring (bicyclic) bond motifs is 1. The van der Waals surface area contributed by atoms with E-state index in [9.17, 15) is 8.42 Å². The highest BCUT2D eigenvalue weighted by Gasteiger charge is 2.30. The van der Waals surface area contributed by atoms with E-state index in [4.69, 9.17) is 4.74 Å². The molecule has 0 radical (unpaired) electrons.